The van der Waals surface area contributed by atoms with Crippen LogP contribution in [0.2, 0.25) is 0 Å². The van der Waals surface area contributed by atoms with Crippen molar-refractivity contribution in [3.63, 3.8) is 0 Å². The molecule has 0 aliphatic heterocycles. The van der Waals surface area contributed by atoms with Crippen molar-refractivity contribution in [1.82, 2.24) is 4.57 Å². The maximum absolute atomic E-state index is 12.3. The molecule has 5 nitrogen and oxygen atoms in total. The van der Waals surface area contributed by atoms with Gasteiger partial charge in [-0.2, -0.15) is 0 Å². The molecule has 0 aromatic carbocycles. The fourth-order valence-corrected chi connectivity index (χ4v) is 2.25. The monoisotopic (exact) mass is 295 g/mol. The van der Waals surface area contributed by atoms with Gasteiger partial charge in [-0.05, 0) is 24.5 Å². The molecule has 0 saturated carbocycles. The molecular formula is C16H25NO4. The van der Waals surface area contributed by atoms with Crippen molar-refractivity contribution in [2.45, 2.75) is 52.5 Å². The molecule has 118 valence electrons. The van der Waals surface area contributed by atoms with Crippen LogP contribution >= 0.6 is 0 Å². The molecule has 0 fully saturated rings. The van der Waals surface area contributed by atoms with E-state index in [1.807, 2.05) is 0 Å². The van der Waals surface area contributed by atoms with Crippen molar-refractivity contribution in [1.29, 1.82) is 0 Å². The van der Waals surface area contributed by atoms with Gasteiger partial charge in [-0.1, -0.05) is 40.0 Å². The summed E-state index contributed by atoms with van der Waals surface area (Å²) in [4.78, 5) is 23.7. The Labute approximate surface area is 125 Å². The lowest BCUT2D eigenvalue weighted by molar-refractivity contribution is -0.142. The largest absolute Gasteiger partial charge is 0.488 e. The van der Waals surface area contributed by atoms with E-state index in [1.54, 1.807) is 26.0 Å². The Kier molecular flexibility index (Phi) is 6.99. The first kappa shape index (κ1) is 17.3. The maximum Gasteiger partial charge on any atom is 0.327 e. The Morgan fingerprint density at radius 3 is 2.62 bits per heavy atom. The molecule has 0 aliphatic rings. The van der Waals surface area contributed by atoms with Gasteiger partial charge in [-0.25, -0.2) is 4.79 Å². The van der Waals surface area contributed by atoms with E-state index < -0.39 is 12.0 Å². The molecule has 0 amide bonds. The molecule has 0 saturated heterocycles. The lowest BCUT2D eigenvalue weighted by Crippen LogP contribution is -2.33. The normalized spacial score (nSPS) is 12.4. The summed E-state index contributed by atoms with van der Waals surface area (Å²) in [7, 11) is 0. The Morgan fingerprint density at radius 1 is 1.33 bits per heavy atom. The predicted molar refractivity (Wildman–Crippen MR) is 81.8 cm³/mol. The number of unbranched alkanes of at least 4 members (excludes halogenated alkanes) is 3. The van der Waals surface area contributed by atoms with Gasteiger partial charge in [0.1, 0.15) is 6.04 Å². The second-order valence-corrected chi connectivity index (χ2v) is 5.52. The van der Waals surface area contributed by atoms with Crippen molar-refractivity contribution in [2.75, 3.05) is 6.61 Å². The van der Waals surface area contributed by atoms with Crippen LogP contribution in [0.3, 0.4) is 0 Å². The van der Waals surface area contributed by atoms with Gasteiger partial charge in [-0.3, -0.25) is 9.36 Å². The summed E-state index contributed by atoms with van der Waals surface area (Å²) in [5, 5.41) is 9.29. The molecular weight excluding hydrogens is 270 g/mol. The molecule has 1 aromatic rings. The Bertz CT molecular complexity index is 507. The number of rotatable bonds is 9. The molecule has 1 heterocycles. The number of aliphatic carboxylic acids is 1. The van der Waals surface area contributed by atoms with E-state index in [0.29, 0.717) is 6.61 Å². The van der Waals surface area contributed by atoms with Crippen LogP contribution in [0.1, 0.15) is 52.5 Å². The van der Waals surface area contributed by atoms with Crippen LogP contribution in [0.5, 0.6) is 5.75 Å². The number of carboxylic acid groups (broad SMARTS) is 1. The fraction of sp³-hybridized carbons (Fsp3) is 0.625. The lowest BCUT2D eigenvalue weighted by Gasteiger charge is -2.19. The Morgan fingerprint density at radius 2 is 2.05 bits per heavy atom. The van der Waals surface area contributed by atoms with Gasteiger partial charge in [0.25, 0.3) is 5.56 Å². The topological polar surface area (TPSA) is 68.5 Å². The number of hydrogen-bond donors (Lipinski definition) is 1. The van der Waals surface area contributed by atoms with Crippen LogP contribution in [0.4, 0.5) is 0 Å². The molecule has 0 bridgehead atoms. The maximum atomic E-state index is 12.3. The van der Waals surface area contributed by atoms with E-state index in [0.717, 1.165) is 25.7 Å². The molecule has 1 atom stereocenters. The van der Waals surface area contributed by atoms with E-state index in [4.69, 9.17) is 4.74 Å². The van der Waals surface area contributed by atoms with Gasteiger partial charge in [0.05, 0.1) is 6.61 Å². The summed E-state index contributed by atoms with van der Waals surface area (Å²) in [5.41, 5.74) is -0.380. The van der Waals surface area contributed by atoms with Gasteiger partial charge in [0.2, 0.25) is 0 Å². The van der Waals surface area contributed by atoms with E-state index in [1.165, 1.54) is 10.8 Å². The highest BCUT2D eigenvalue weighted by molar-refractivity contribution is 5.72. The molecule has 1 aromatic heterocycles. The summed E-state index contributed by atoms with van der Waals surface area (Å²) in [6.45, 7) is 6.18. The van der Waals surface area contributed by atoms with Crippen LogP contribution in [-0.4, -0.2) is 22.2 Å². The summed E-state index contributed by atoms with van der Waals surface area (Å²) >= 11 is 0. The van der Waals surface area contributed by atoms with Crippen LogP contribution in [-0.2, 0) is 4.79 Å². The van der Waals surface area contributed by atoms with Gasteiger partial charge < -0.3 is 9.84 Å². The van der Waals surface area contributed by atoms with Crippen LogP contribution in [0.25, 0.3) is 0 Å². The Hall–Kier alpha value is -1.78. The minimum absolute atomic E-state index is 0.181. The molecule has 0 spiro atoms. The molecule has 0 aliphatic carbocycles. The van der Waals surface area contributed by atoms with Crippen molar-refractivity contribution < 1.29 is 14.6 Å². The number of carbonyl (C=O) groups is 1. The quantitative estimate of drug-likeness (QED) is 0.711. The first-order valence-corrected chi connectivity index (χ1v) is 7.55. The van der Waals surface area contributed by atoms with Gasteiger partial charge in [0, 0.05) is 6.20 Å². The van der Waals surface area contributed by atoms with E-state index in [-0.39, 0.29) is 17.2 Å². The van der Waals surface area contributed by atoms with Crippen molar-refractivity contribution >= 4 is 5.97 Å². The van der Waals surface area contributed by atoms with Gasteiger partial charge in [0.15, 0.2) is 5.75 Å². The summed E-state index contributed by atoms with van der Waals surface area (Å²) < 4.78 is 6.75. The minimum atomic E-state index is -1.01. The fourth-order valence-electron chi connectivity index (χ4n) is 2.25. The number of hydrogen-bond acceptors (Lipinski definition) is 3. The summed E-state index contributed by atoms with van der Waals surface area (Å²) in [5.74, 6) is -0.965. The average Bonchev–Trinajstić information content (AvgIpc) is 2.41. The molecule has 5 heteroatoms. The highest BCUT2D eigenvalue weighted by Crippen LogP contribution is 2.17. The van der Waals surface area contributed by atoms with Crippen LogP contribution in [0, 0.1) is 5.92 Å². The van der Waals surface area contributed by atoms with Crippen molar-refractivity contribution in [3.8, 4) is 5.75 Å². The highest BCUT2D eigenvalue weighted by Gasteiger charge is 2.25. The third-order valence-corrected chi connectivity index (χ3v) is 3.38. The van der Waals surface area contributed by atoms with E-state index >= 15 is 0 Å². The number of ether oxygens (including phenoxy) is 1. The second kappa shape index (κ2) is 8.49. The van der Waals surface area contributed by atoms with E-state index in [9.17, 15) is 14.7 Å². The lowest BCUT2D eigenvalue weighted by atomic mass is 10.0. The summed E-state index contributed by atoms with van der Waals surface area (Å²) in [6, 6.07) is 2.38. The first-order chi connectivity index (χ1) is 9.99. The highest BCUT2D eigenvalue weighted by atomic mass is 16.5. The number of pyridine rings is 1. The molecule has 1 N–H and O–H groups in total. The minimum Gasteiger partial charge on any atom is -0.488 e. The first-order valence-electron chi connectivity index (χ1n) is 7.55. The predicted octanol–water partition coefficient (Wildman–Crippen LogP) is 3.09. The van der Waals surface area contributed by atoms with Gasteiger partial charge in [-0.15, -0.1) is 0 Å². The molecule has 21 heavy (non-hydrogen) atoms. The standard InChI is InChI=1S/C16H25NO4/c1-4-5-6-7-11-21-13-9-8-10-17(15(13)18)14(12(2)3)16(19)20/h8-10,12,14H,4-7,11H2,1-3H3,(H,19,20). The molecule has 1 unspecified atom stereocenters. The Balaban J connectivity index is 2.83. The van der Waals surface area contributed by atoms with Crippen molar-refractivity contribution in [3.05, 3.63) is 28.7 Å². The zero-order valence-corrected chi connectivity index (χ0v) is 13.0. The van der Waals surface area contributed by atoms with Gasteiger partial charge >= 0.3 is 5.97 Å². The third kappa shape index (κ3) is 4.92. The number of aromatic nitrogens is 1. The molecule has 1 rings (SSSR count). The SMILES string of the molecule is CCCCCCOc1cccn(C(C(=O)O)C(C)C)c1=O. The smallest absolute Gasteiger partial charge is 0.327 e. The number of nitrogens with zero attached hydrogens (tertiary/aromatic N) is 1. The third-order valence-electron chi connectivity index (χ3n) is 3.38. The number of carboxylic acids is 1. The average molecular weight is 295 g/mol. The van der Waals surface area contributed by atoms with Crippen LogP contribution < -0.4 is 10.3 Å². The zero-order chi connectivity index (χ0) is 15.8. The van der Waals surface area contributed by atoms with E-state index in [2.05, 4.69) is 6.92 Å². The molecule has 0 radical (unpaired) electrons. The second-order valence-electron chi connectivity index (χ2n) is 5.52. The summed E-state index contributed by atoms with van der Waals surface area (Å²) in [6.07, 6.45) is 5.77. The van der Waals surface area contributed by atoms with Crippen LogP contribution in [0.15, 0.2) is 23.1 Å². The van der Waals surface area contributed by atoms with Crippen molar-refractivity contribution in [2.24, 2.45) is 5.92 Å². The zero-order valence-electron chi connectivity index (χ0n) is 13.0.